The van der Waals surface area contributed by atoms with E-state index < -0.39 is 0 Å². The fourth-order valence-corrected chi connectivity index (χ4v) is 4.61. The Labute approximate surface area is 200 Å². The highest BCUT2D eigenvalue weighted by Crippen LogP contribution is 2.40. The number of hydrogen-bond acceptors (Lipinski definition) is 4. The number of aromatic hydroxyl groups is 4. The summed E-state index contributed by atoms with van der Waals surface area (Å²) < 4.78 is 0. The van der Waals surface area contributed by atoms with Crippen LogP contribution in [-0.4, -0.2) is 20.4 Å². The van der Waals surface area contributed by atoms with Gasteiger partial charge in [0.15, 0.2) is 0 Å². The lowest BCUT2D eigenvalue weighted by atomic mass is 9.84. The Morgan fingerprint density at radius 3 is 1.15 bits per heavy atom. The highest BCUT2D eigenvalue weighted by Gasteiger charge is 2.21. The number of phenolic OH excluding ortho intramolecular Hbond substituents is 4. The van der Waals surface area contributed by atoms with Crippen LogP contribution in [0.5, 0.6) is 23.0 Å². The van der Waals surface area contributed by atoms with Crippen molar-refractivity contribution in [2.24, 2.45) is 0 Å². The first-order valence-electron chi connectivity index (χ1n) is 11.5. The molecule has 0 radical (unpaired) electrons. The first kappa shape index (κ1) is 23.2. The molecule has 0 aliphatic rings. The van der Waals surface area contributed by atoms with Gasteiger partial charge in [0.1, 0.15) is 23.0 Å². The van der Waals surface area contributed by atoms with Gasteiger partial charge in [0.25, 0.3) is 0 Å². The van der Waals surface area contributed by atoms with Crippen molar-refractivity contribution in [2.75, 3.05) is 0 Å². The van der Waals surface area contributed by atoms with E-state index in [1.165, 1.54) is 0 Å². The number of benzene rings is 4. The molecule has 2 atom stereocenters. The molecule has 34 heavy (non-hydrogen) atoms. The minimum absolute atomic E-state index is 0.00756. The van der Waals surface area contributed by atoms with Gasteiger partial charge in [-0.1, -0.05) is 81.4 Å². The summed E-state index contributed by atoms with van der Waals surface area (Å²) in [6, 6.07) is 25.5. The normalized spacial score (nSPS) is 13.9. The van der Waals surface area contributed by atoms with Crippen LogP contribution in [0.4, 0.5) is 0 Å². The van der Waals surface area contributed by atoms with Crippen molar-refractivity contribution in [3.8, 4) is 23.0 Å². The van der Waals surface area contributed by atoms with Gasteiger partial charge in [-0.2, -0.15) is 0 Å². The van der Waals surface area contributed by atoms with Crippen LogP contribution < -0.4 is 0 Å². The lowest BCUT2D eigenvalue weighted by Crippen LogP contribution is -2.03. The molecule has 4 aromatic rings. The van der Waals surface area contributed by atoms with Gasteiger partial charge in [0.05, 0.1) is 0 Å². The Bertz CT molecular complexity index is 1210. The maximum absolute atomic E-state index is 10.6. The summed E-state index contributed by atoms with van der Waals surface area (Å²) in [4.78, 5) is 0. The first-order chi connectivity index (χ1) is 16.3. The summed E-state index contributed by atoms with van der Waals surface area (Å²) in [7, 11) is 0. The van der Waals surface area contributed by atoms with Gasteiger partial charge in [-0.25, -0.2) is 0 Å². The van der Waals surface area contributed by atoms with Crippen LogP contribution in [-0.2, 0) is 0 Å². The maximum Gasteiger partial charge on any atom is 0.119 e. The summed E-state index contributed by atoms with van der Waals surface area (Å²) in [5.74, 6) is 0.391. The molecule has 174 valence electrons. The van der Waals surface area contributed by atoms with E-state index in [1.54, 1.807) is 36.4 Å². The van der Waals surface area contributed by atoms with Gasteiger partial charge < -0.3 is 20.4 Å². The molecule has 0 aromatic heterocycles. The molecule has 4 N–H and O–H groups in total. The molecule has 4 rings (SSSR count). The third-order valence-corrected chi connectivity index (χ3v) is 6.84. The smallest absolute Gasteiger partial charge is 0.119 e. The van der Waals surface area contributed by atoms with Crippen molar-refractivity contribution < 1.29 is 20.4 Å². The summed E-state index contributed by atoms with van der Waals surface area (Å²) in [6.45, 7) is 6.01. The molecule has 0 saturated carbocycles. The van der Waals surface area contributed by atoms with Gasteiger partial charge in [-0.15, -0.1) is 0 Å². The molecule has 0 fully saturated rings. The fraction of sp³-hybridized carbons (Fsp3) is 0.200. The largest absolute Gasteiger partial charge is 0.508 e. The number of rotatable bonds is 6. The van der Waals surface area contributed by atoms with Crippen LogP contribution in [0, 0.1) is 0 Å². The summed E-state index contributed by atoms with van der Waals surface area (Å²) in [6.07, 6.45) is 0. The third-order valence-electron chi connectivity index (χ3n) is 6.84. The molecule has 2 unspecified atom stereocenters. The SMILES string of the molecule is CC(c1ccc(O)c(C(C)c2ccccc2O)c1)c1ccc(O)c(C(C)c2ccccc2O)c1. The van der Waals surface area contributed by atoms with E-state index in [4.69, 9.17) is 0 Å². The minimum atomic E-state index is -0.190. The molecule has 0 amide bonds. The van der Waals surface area contributed by atoms with Gasteiger partial charge >= 0.3 is 0 Å². The second kappa shape index (κ2) is 9.52. The summed E-state index contributed by atoms with van der Waals surface area (Å²) in [5.41, 5.74) is 5.03. The monoisotopic (exact) mass is 454 g/mol. The van der Waals surface area contributed by atoms with Crippen LogP contribution in [0.25, 0.3) is 0 Å². The van der Waals surface area contributed by atoms with E-state index in [-0.39, 0.29) is 40.8 Å². The molecule has 4 aromatic carbocycles. The Hall–Kier alpha value is -3.92. The lowest BCUT2D eigenvalue weighted by molar-refractivity contribution is 0.456. The summed E-state index contributed by atoms with van der Waals surface area (Å²) >= 11 is 0. The zero-order valence-corrected chi connectivity index (χ0v) is 19.6. The van der Waals surface area contributed by atoms with E-state index >= 15 is 0 Å². The quantitative estimate of drug-likeness (QED) is 0.254. The average Bonchev–Trinajstić information content (AvgIpc) is 2.84. The summed E-state index contributed by atoms with van der Waals surface area (Å²) in [5, 5.41) is 41.7. The molecular formula is C30H30O4. The van der Waals surface area contributed by atoms with E-state index in [2.05, 4.69) is 6.92 Å². The standard InChI is InChI=1S/C30H30O4/c1-18(21-12-14-29(33)25(16-21)19(2)23-8-4-6-10-27(23)31)22-13-15-30(34)26(17-22)20(3)24-9-5-7-11-28(24)32/h4-20,31-34H,1-3H3. The van der Waals surface area contributed by atoms with Crippen LogP contribution in [0.3, 0.4) is 0 Å². The topological polar surface area (TPSA) is 80.9 Å². The second-order valence-corrected chi connectivity index (χ2v) is 8.92. The van der Waals surface area contributed by atoms with Crippen LogP contribution in [0.2, 0.25) is 0 Å². The lowest BCUT2D eigenvalue weighted by Gasteiger charge is -2.21. The van der Waals surface area contributed by atoms with E-state index in [0.717, 1.165) is 33.4 Å². The van der Waals surface area contributed by atoms with Crippen molar-refractivity contribution in [2.45, 2.75) is 38.5 Å². The molecule has 0 bridgehead atoms. The van der Waals surface area contributed by atoms with Gasteiger partial charge in [0, 0.05) is 40.0 Å². The third kappa shape index (κ3) is 4.44. The van der Waals surface area contributed by atoms with E-state index in [1.807, 2.05) is 62.4 Å². The van der Waals surface area contributed by atoms with Gasteiger partial charge in [0.2, 0.25) is 0 Å². The molecular weight excluding hydrogens is 424 g/mol. The number of hydrogen-bond donors (Lipinski definition) is 4. The number of phenols is 4. The molecule has 0 aliphatic carbocycles. The highest BCUT2D eigenvalue weighted by atomic mass is 16.3. The second-order valence-electron chi connectivity index (χ2n) is 8.92. The number of para-hydroxylation sites is 2. The van der Waals surface area contributed by atoms with Crippen molar-refractivity contribution in [3.05, 3.63) is 118 Å². The Balaban J connectivity index is 1.69. The van der Waals surface area contributed by atoms with Crippen LogP contribution >= 0.6 is 0 Å². The highest BCUT2D eigenvalue weighted by molar-refractivity contribution is 5.51. The Morgan fingerprint density at radius 1 is 0.412 bits per heavy atom. The maximum atomic E-state index is 10.6. The predicted octanol–water partition coefficient (Wildman–Crippen LogP) is 6.96. The molecule has 4 nitrogen and oxygen atoms in total. The van der Waals surface area contributed by atoms with E-state index in [0.29, 0.717) is 0 Å². The molecule has 0 aliphatic heterocycles. The molecule has 0 spiro atoms. The van der Waals surface area contributed by atoms with Crippen molar-refractivity contribution >= 4 is 0 Å². The first-order valence-corrected chi connectivity index (χ1v) is 11.5. The van der Waals surface area contributed by atoms with Gasteiger partial charge in [-0.05, 0) is 35.4 Å². The van der Waals surface area contributed by atoms with Crippen molar-refractivity contribution in [1.29, 1.82) is 0 Å². The predicted molar refractivity (Wildman–Crippen MR) is 135 cm³/mol. The van der Waals surface area contributed by atoms with E-state index in [9.17, 15) is 20.4 Å². The average molecular weight is 455 g/mol. The molecule has 0 heterocycles. The Morgan fingerprint density at radius 2 is 0.765 bits per heavy atom. The Kier molecular flexibility index (Phi) is 6.51. The van der Waals surface area contributed by atoms with Crippen LogP contribution in [0.15, 0.2) is 84.9 Å². The zero-order valence-electron chi connectivity index (χ0n) is 19.6. The fourth-order valence-electron chi connectivity index (χ4n) is 4.61. The zero-order chi connectivity index (χ0) is 24.4. The van der Waals surface area contributed by atoms with Gasteiger partial charge in [-0.3, -0.25) is 0 Å². The van der Waals surface area contributed by atoms with Crippen molar-refractivity contribution in [3.63, 3.8) is 0 Å². The van der Waals surface area contributed by atoms with Crippen molar-refractivity contribution in [1.82, 2.24) is 0 Å². The van der Waals surface area contributed by atoms with Crippen LogP contribution in [0.1, 0.15) is 71.9 Å². The molecule has 0 saturated heterocycles. The molecule has 4 heteroatoms. The minimum Gasteiger partial charge on any atom is -0.508 e.